The van der Waals surface area contributed by atoms with E-state index in [0.717, 1.165) is 5.56 Å². The SMILES string of the molecule is COc1cc(C)cc(C)c1S(=O)(=O)N(C)C(C)CN.Cl. The Hall–Kier alpha value is -0.820. The standard InChI is InChI=1S/C13H22N2O3S.ClH/c1-9-6-10(2)13(12(7-9)18-5)19(16,17)15(4)11(3)8-14;/h6-7,11H,8,14H2,1-5H3;1H. The van der Waals surface area contributed by atoms with Crippen molar-refractivity contribution < 1.29 is 13.2 Å². The van der Waals surface area contributed by atoms with E-state index >= 15 is 0 Å². The van der Waals surface area contributed by atoms with E-state index in [4.69, 9.17) is 10.5 Å². The Labute approximate surface area is 127 Å². The predicted molar refractivity (Wildman–Crippen MR) is 83.2 cm³/mol. The Morgan fingerprint density at radius 1 is 1.35 bits per heavy atom. The molecule has 1 atom stereocenters. The van der Waals surface area contributed by atoms with Gasteiger partial charge in [-0.15, -0.1) is 12.4 Å². The highest BCUT2D eigenvalue weighted by Crippen LogP contribution is 2.31. The molecule has 5 nitrogen and oxygen atoms in total. The average Bonchev–Trinajstić information content (AvgIpc) is 2.35. The number of methoxy groups -OCH3 is 1. The fraction of sp³-hybridized carbons (Fsp3) is 0.538. The van der Waals surface area contributed by atoms with Crippen LogP contribution in [0.15, 0.2) is 17.0 Å². The second-order valence-corrected chi connectivity index (χ2v) is 6.65. The van der Waals surface area contributed by atoms with Gasteiger partial charge >= 0.3 is 0 Å². The fourth-order valence-electron chi connectivity index (χ4n) is 1.93. The Bertz CT molecular complexity index is 561. The highest BCUT2D eigenvalue weighted by atomic mass is 35.5. The monoisotopic (exact) mass is 322 g/mol. The van der Waals surface area contributed by atoms with Crippen LogP contribution in [0.2, 0.25) is 0 Å². The molecule has 0 amide bonds. The van der Waals surface area contributed by atoms with Gasteiger partial charge in [-0.2, -0.15) is 4.31 Å². The number of hydrogen-bond acceptors (Lipinski definition) is 4. The lowest BCUT2D eigenvalue weighted by Gasteiger charge is -2.25. The first-order valence-electron chi connectivity index (χ1n) is 6.09. The molecule has 0 spiro atoms. The molecule has 7 heteroatoms. The smallest absolute Gasteiger partial charge is 0.247 e. The van der Waals surface area contributed by atoms with E-state index in [1.165, 1.54) is 18.5 Å². The van der Waals surface area contributed by atoms with Gasteiger partial charge in [0.2, 0.25) is 10.0 Å². The van der Waals surface area contributed by atoms with Gasteiger partial charge < -0.3 is 10.5 Å². The number of likely N-dealkylation sites (N-methyl/N-ethyl adjacent to an activating group) is 1. The molecule has 0 saturated heterocycles. The lowest BCUT2D eigenvalue weighted by molar-refractivity contribution is 0.379. The largest absolute Gasteiger partial charge is 0.495 e. The summed E-state index contributed by atoms with van der Waals surface area (Å²) in [5, 5.41) is 0. The first-order valence-corrected chi connectivity index (χ1v) is 7.53. The van der Waals surface area contributed by atoms with Crippen LogP contribution in [0.5, 0.6) is 5.75 Å². The first kappa shape index (κ1) is 19.2. The third-order valence-electron chi connectivity index (χ3n) is 3.20. The van der Waals surface area contributed by atoms with Crippen LogP contribution in [0, 0.1) is 13.8 Å². The molecule has 20 heavy (non-hydrogen) atoms. The van der Waals surface area contributed by atoms with Gasteiger partial charge in [0.15, 0.2) is 0 Å². The third kappa shape index (κ3) is 3.63. The van der Waals surface area contributed by atoms with Crippen molar-refractivity contribution in [3.8, 4) is 5.75 Å². The van der Waals surface area contributed by atoms with E-state index in [9.17, 15) is 8.42 Å². The van der Waals surface area contributed by atoms with Gasteiger partial charge in [0.1, 0.15) is 10.6 Å². The number of benzene rings is 1. The number of aryl methyl sites for hydroxylation is 2. The highest BCUT2D eigenvalue weighted by molar-refractivity contribution is 7.89. The highest BCUT2D eigenvalue weighted by Gasteiger charge is 2.29. The molecule has 0 heterocycles. The first-order chi connectivity index (χ1) is 8.75. The van der Waals surface area contributed by atoms with E-state index in [-0.39, 0.29) is 29.9 Å². The lowest BCUT2D eigenvalue weighted by atomic mass is 10.1. The van der Waals surface area contributed by atoms with Crippen molar-refractivity contribution in [2.45, 2.75) is 31.7 Å². The van der Waals surface area contributed by atoms with E-state index in [0.29, 0.717) is 11.3 Å². The van der Waals surface area contributed by atoms with Crippen molar-refractivity contribution in [3.63, 3.8) is 0 Å². The maximum absolute atomic E-state index is 12.6. The zero-order valence-corrected chi connectivity index (χ0v) is 14.1. The maximum Gasteiger partial charge on any atom is 0.247 e. The van der Waals surface area contributed by atoms with Crippen molar-refractivity contribution >= 4 is 22.4 Å². The minimum Gasteiger partial charge on any atom is -0.495 e. The summed E-state index contributed by atoms with van der Waals surface area (Å²) in [5.74, 6) is 0.369. The van der Waals surface area contributed by atoms with Crippen LogP contribution in [-0.4, -0.2) is 39.5 Å². The Morgan fingerprint density at radius 2 is 1.90 bits per heavy atom. The molecule has 1 rings (SSSR count). The van der Waals surface area contributed by atoms with E-state index in [1.54, 1.807) is 19.9 Å². The third-order valence-corrected chi connectivity index (χ3v) is 5.36. The predicted octanol–water partition coefficient (Wildman–Crippen LogP) is 1.70. The molecular formula is C13H23ClN2O3S. The number of hydrogen-bond donors (Lipinski definition) is 1. The quantitative estimate of drug-likeness (QED) is 0.895. The summed E-state index contributed by atoms with van der Waals surface area (Å²) in [6, 6.07) is 3.28. The average molecular weight is 323 g/mol. The van der Waals surface area contributed by atoms with Crippen LogP contribution in [0.1, 0.15) is 18.1 Å². The summed E-state index contributed by atoms with van der Waals surface area (Å²) < 4.78 is 31.8. The number of sulfonamides is 1. The van der Waals surface area contributed by atoms with Gasteiger partial charge in [-0.05, 0) is 38.0 Å². The molecule has 0 aliphatic rings. The number of nitrogens with zero attached hydrogens (tertiary/aromatic N) is 1. The summed E-state index contributed by atoms with van der Waals surface area (Å²) in [6.45, 7) is 5.71. The van der Waals surface area contributed by atoms with Crippen LogP contribution < -0.4 is 10.5 Å². The van der Waals surface area contributed by atoms with Crippen molar-refractivity contribution in [1.29, 1.82) is 0 Å². The zero-order valence-electron chi connectivity index (χ0n) is 12.5. The number of rotatable bonds is 5. The Morgan fingerprint density at radius 3 is 2.35 bits per heavy atom. The topological polar surface area (TPSA) is 72.6 Å². The van der Waals surface area contributed by atoms with Crippen LogP contribution in [0.25, 0.3) is 0 Å². The second-order valence-electron chi connectivity index (χ2n) is 4.72. The van der Waals surface area contributed by atoms with Gasteiger partial charge in [0, 0.05) is 19.6 Å². The molecule has 1 aromatic carbocycles. The maximum atomic E-state index is 12.6. The molecule has 0 saturated carbocycles. The normalized spacial score (nSPS) is 12.9. The molecule has 1 unspecified atom stereocenters. The van der Waals surface area contributed by atoms with Crippen molar-refractivity contribution in [2.75, 3.05) is 20.7 Å². The molecule has 2 N–H and O–H groups in total. The van der Waals surface area contributed by atoms with Crippen LogP contribution in [-0.2, 0) is 10.0 Å². The van der Waals surface area contributed by atoms with E-state index in [2.05, 4.69) is 0 Å². The molecular weight excluding hydrogens is 300 g/mol. The minimum absolute atomic E-state index is 0. The summed E-state index contributed by atoms with van der Waals surface area (Å²) in [5.41, 5.74) is 7.18. The minimum atomic E-state index is -3.61. The number of nitrogens with two attached hydrogens (primary N) is 1. The molecule has 116 valence electrons. The van der Waals surface area contributed by atoms with Crippen molar-refractivity contribution in [1.82, 2.24) is 4.31 Å². The summed E-state index contributed by atoms with van der Waals surface area (Å²) in [6.07, 6.45) is 0. The summed E-state index contributed by atoms with van der Waals surface area (Å²) in [7, 11) is -0.607. The molecule has 0 aliphatic heterocycles. The Balaban J connectivity index is 0.00000361. The van der Waals surface area contributed by atoms with Crippen LogP contribution in [0.4, 0.5) is 0 Å². The molecule has 1 aromatic rings. The van der Waals surface area contributed by atoms with Gasteiger partial charge in [-0.3, -0.25) is 0 Å². The zero-order chi connectivity index (χ0) is 14.8. The fourth-order valence-corrected chi connectivity index (χ4v) is 3.64. The molecule has 0 aliphatic carbocycles. The molecule has 0 bridgehead atoms. The molecule has 0 aromatic heterocycles. The Kier molecular flexibility index (Phi) is 6.97. The van der Waals surface area contributed by atoms with Crippen LogP contribution >= 0.6 is 12.4 Å². The van der Waals surface area contributed by atoms with E-state index in [1.807, 2.05) is 13.0 Å². The second kappa shape index (κ2) is 7.26. The van der Waals surface area contributed by atoms with Gasteiger partial charge in [0.25, 0.3) is 0 Å². The van der Waals surface area contributed by atoms with Crippen molar-refractivity contribution in [2.24, 2.45) is 5.73 Å². The summed E-state index contributed by atoms with van der Waals surface area (Å²) in [4.78, 5) is 0.211. The van der Waals surface area contributed by atoms with E-state index < -0.39 is 10.0 Å². The van der Waals surface area contributed by atoms with Crippen LogP contribution in [0.3, 0.4) is 0 Å². The van der Waals surface area contributed by atoms with Crippen molar-refractivity contribution in [3.05, 3.63) is 23.3 Å². The summed E-state index contributed by atoms with van der Waals surface area (Å²) >= 11 is 0. The van der Waals surface area contributed by atoms with Gasteiger partial charge in [-0.25, -0.2) is 8.42 Å². The van der Waals surface area contributed by atoms with Gasteiger partial charge in [-0.1, -0.05) is 6.07 Å². The van der Waals surface area contributed by atoms with Gasteiger partial charge in [0.05, 0.1) is 7.11 Å². The number of ether oxygens (including phenoxy) is 1. The molecule has 0 radical (unpaired) electrons. The lowest BCUT2D eigenvalue weighted by Crippen LogP contribution is -2.40. The number of halogens is 1. The molecule has 0 fully saturated rings.